The number of nitrogens with two attached hydrogens (primary N) is 1. The molecule has 1 aromatic carbocycles. The van der Waals surface area contributed by atoms with Gasteiger partial charge in [-0.3, -0.25) is 0 Å². The Morgan fingerprint density at radius 3 is 2.58 bits per heavy atom. The molecular weight excluding hydrogens is 336 g/mol. The van der Waals surface area contributed by atoms with E-state index in [9.17, 15) is 8.78 Å². The van der Waals surface area contributed by atoms with Gasteiger partial charge in [0.2, 0.25) is 0 Å². The molecule has 0 saturated carbocycles. The van der Waals surface area contributed by atoms with Crippen molar-refractivity contribution in [1.82, 2.24) is 4.98 Å². The zero-order valence-electron chi connectivity index (χ0n) is 9.45. The van der Waals surface area contributed by atoms with E-state index < -0.39 is 11.6 Å². The van der Waals surface area contributed by atoms with Gasteiger partial charge in [0, 0.05) is 17.8 Å². The Labute approximate surface area is 122 Å². The second-order valence-electron chi connectivity index (χ2n) is 3.67. The first-order chi connectivity index (χ1) is 8.97. The zero-order chi connectivity index (χ0) is 14.0. The van der Waals surface area contributed by atoms with Crippen LogP contribution in [-0.4, -0.2) is 9.97 Å². The summed E-state index contributed by atoms with van der Waals surface area (Å²) in [7, 11) is 0. The molecule has 3 N–H and O–H groups in total. The number of anilines is 2. The summed E-state index contributed by atoms with van der Waals surface area (Å²) in [5.74, 6) is -0.794. The summed E-state index contributed by atoms with van der Waals surface area (Å²) in [6.07, 6.45) is 1.46. The van der Waals surface area contributed by atoms with E-state index in [0.29, 0.717) is 11.4 Å². The first-order valence-corrected chi connectivity index (χ1v) is 6.35. The molecule has 0 aliphatic carbocycles. The van der Waals surface area contributed by atoms with Crippen molar-refractivity contribution in [2.75, 3.05) is 5.32 Å². The second kappa shape index (κ2) is 5.58. The number of thiocarbonyl (C=S) groups is 1. The first-order valence-electron chi connectivity index (χ1n) is 5.15. The predicted molar refractivity (Wildman–Crippen MR) is 77.5 cm³/mol. The van der Waals surface area contributed by atoms with Gasteiger partial charge in [-0.25, -0.2) is 13.8 Å². The van der Waals surface area contributed by atoms with Crippen molar-refractivity contribution in [3.63, 3.8) is 0 Å². The van der Waals surface area contributed by atoms with Crippen LogP contribution in [0.5, 0.6) is 0 Å². The molecule has 7 heteroatoms. The molecule has 0 aliphatic heterocycles. The molecule has 98 valence electrons. The first kappa shape index (κ1) is 13.8. The number of nitrogens with zero attached hydrogens (tertiary/aromatic N) is 1. The van der Waals surface area contributed by atoms with E-state index in [1.54, 1.807) is 12.1 Å². The number of hydrogen-bond donors (Lipinski definition) is 2. The maximum atomic E-state index is 13.6. The van der Waals surface area contributed by atoms with Gasteiger partial charge >= 0.3 is 0 Å². The Balaban J connectivity index is 2.26. The van der Waals surface area contributed by atoms with Crippen LogP contribution in [0.1, 0.15) is 5.56 Å². The highest BCUT2D eigenvalue weighted by Gasteiger charge is 2.09. The molecule has 0 atom stereocenters. The van der Waals surface area contributed by atoms with Crippen molar-refractivity contribution in [2.45, 2.75) is 0 Å². The van der Waals surface area contributed by atoms with Gasteiger partial charge in [-0.05, 0) is 34.1 Å². The molecule has 1 heterocycles. The summed E-state index contributed by atoms with van der Waals surface area (Å²) >= 11 is 7.69. The third kappa shape index (κ3) is 3.24. The van der Waals surface area contributed by atoms with E-state index in [1.807, 2.05) is 0 Å². The highest BCUT2D eigenvalue weighted by atomic mass is 79.9. The summed E-state index contributed by atoms with van der Waals surface area (Å²) in [4.78, 5) is 4.23. The lowest BCUT2D eigenvalue weighted by Gasteiger charge is -2.08. The summed E-state index contributed by atoms with van der Waals surface area (Å²) in [5, 5.41) is 2.68. The third-order valence-corrected chi connectivity index (χ3v) is 3.16. The molecule has 0 bridgehead atoms. The van der Waals surface area contributed by atoms with E-state index in [1.165, 1.54) is 6.20 Å². The van der Waals surface area contributed by atoms with E-state index in [-0.39, 0.29) is 15.1 Å². The van der Waals surface area contributed by atoms with Crippen LogP contribution in [0.3, 0.4) is 0 Å². The normalized spacial score (nSPS) is 10.3. The van der Waals surface area contributed by atoms with Crippen molar-refractivity contribution in [3.8, 4) is 0 Å². The summed E-state index contributed by atoms with van der Waals surface area (Å²) in [5.41, 5.74) is 6.03. The summed E-state index contributed by atoms with van der Waals surface area (Å²) < 4.78 is 27.0. The summed E-state index contributed by atoms with van der Waals surface area (Å²) in [6, 6.07) is 5.31. The van der Waals surface area contributed by atoms with Gasteiger partial charge in [0.05, 0.1) is 10.2 Å². The van der Waals surface area contributed by atoms with Gasteiger partial charge in [-0.2, -0.15) is 0 Å². The molecule has 2 aromatic rings. The van der Waals surface area contributed by atoms with Crippen molar-refractivity contribution in [1.29, 1.82) is 0 Å². The standard InChI is InChI=1S/C12H8BrF2N3S/c13-7-3-9(15)10(4-8(7)14)18-11-2-1-6(5-17-11)12(16)19/h1-5H,(H2,16,19)(H,17,18). The third-order valence-electron chi connectivity index (χ3n) is 2.32. The van der Waals surface area contributed by atoms with Gasteiger partial charge in [-0.15, -0.1) is 0 Å². The van der Waals surface area contributed by atoms with E-state index in [0.717, 1.165) is 12.1 Å². The number of aromatic nitrogens is 1. The fraction of sp³-hybridized carbons (Fsp3) is 0. The maximum absolute atomic E-state index is 13.6. The minimum absolute atomic E-state index is 0.00345. The van der Waals surface area contributed by atoms with E-state index in [4.69, 9.17) is 18.0 Å². The Bertz CT molecular complexity index is 632. The van der Waals surface area contributed by atoms with Crippen LogP contribution < -0.4 is 11.1 Å². The van der Waals surface area contributed by atoms with Crippen LogP contribution in [0.2, 0.25) is 0 Å². The lowest BCUT2D eigenvalue weighted by Crippen LogP contribution is -2.09. The number of halogens is 3. The fourth-order valence-corrected chi connectivity index (χ4v) is 1.81. The minimum atomic E-state index is -0.589. The summed E-state index contributed by atoms with van der Waals surface area (Å²) in [6.45, 7) is 0. The molecule has 0 amide bonds. The van der Waals surface area contributed by atoms with Crippen molar-refractivity contribution in [3.05, 3.63) is 52.1 Å². The average Bonchev–Trinajstić information content (AvgIpc) is 2.36. The van der Waals surface area contributed by atoms with Gasteiger partial charge < -0.3 is 11.1 Å². The Morgan fingerprint density at radius 1 is 1.26 bits per heavy atom. The number of nitrogens with one attached hydrogen (secondary N) is 1. The van der Waals surface area contributed by atoms with Crippen LogP contribution in [0.15, 0.2) is 34.9 Å². The molecule has 0 spiro atoms. The molecule has 1 aromatic heterocycles. The Morgan fingerprint density at radius 2 is 2.00 bits per heavy atom. The lowest BCUT2D eigenvalue weighted by atomic mass is 10.2. The van der Waals surface area contributed by atoms with Crippen LogP contribution in [0.25, 0.3) is 0 Å². The van der Waals surface area contributed by atoms with Crippen LogP contribution in [0, 0.1) is 11.6 Å². The quantitative estimate of drug-likeness (QED) is 0.661. The fourth-order valence-electron chi connectivity index (χ4n) is 1.37. The second-order valence-corrected chi connectivity index (χ2v) is 4.96. The van der Waals surface area contributed by atoms with E-state index in [2.05, 4.69) is 26.2 Å². The maximum Gasteiger partial charge on any atom is 0.148 e. The molecule has 0 unspecified atom stereocenters. The number of hydrogen-bond acceptors (Lipinski definition) is 3. The van der Waals surface area contributed by atoms with Crippen LogP contribution in [0.4, 0.5) is 20.3 Å². The van der Waals surface area contributed by atoms with Crippen LogP contribution in [-0.2, 0) is 0 Å². The van der Waals surface area contributed by atoms with Gasteiger partial charge in [0.1, 0.15) is 22.4 Å². The smallest absolute Gasteiger partial charge is 0.148 e. The number of rotatable bonds is 3. The van der Waals surface area contributed by atoms with Crippen LogP contribution >= 0.6 is 28.1 Å². The molecule has 0 aliphatic rings. The molecule has 0 radical (unpaired) electrons. The molecule has 19 heavy (non-hydrogen) atoms. The molecule has 3 nitrogen and oxygen atoms in total. The Kier molecular flexibility index (Phi) is 4.06. The van der Waals surface area contributed by atoms with Gasteiger partial charge in [0.15, 0.2) is 0 Å². The van der Waals surface area contributed by atoms with Crippen molar-refractivity contribution < 1.29 is 8.78 Å². The molecule has 0 fully saturated rings. The highest BCUT2D eigenvalue weighted by Crippen LogP contribution is 2.25. The largest absolute Gasteiger partial charge is 0.389 e. The van der Waals surface area contributed by atoms with Crippen molar-refractivity contribution in [2.24, 2.45) is 5.73 Å². The lowest BCUT2D eigenvalue weighted by molar-refractivity contribution is 0.598. The average molecular weight is 344 g/mol. The molecular formula is C12H8BrF2N3S. The van der Waals surface area contributed by atoms with E-state index >= 15 is 0 Å². The highest BCUT2D eigenvalue weighted by molar-refractivity contribution is 9.10. The predicted octanol–water partition coefficient (Wildman–Crippen LogP) is 3.50. The van der Waals surface area contributed by atoms with Crippen molar-refractivity contribution >= 4 is 44.6 Å². The monoisotopic (exact) mass is 343 g/mol. The topological polar surface area (TPSA) is 50.9 Å². The number of benzene rings is 1. The minimum Gasteiger partial charge on any atom is -0.389 e. The SMILES string of the molecule is NC(=S)c1ccc(Nc2cc(F)c(Br)cc2F)nc1. The Hall–Kier alpha value is -1.60. The molecule has 2 rings (SSSR count). The van der Waals surface area contributed by atoms with Gasteiger partial charge in [0.25, 0.3) is 0 Å². The molecule has 0 saturated heterocycles. The number of pyridine rings is 1. The van der Waals surface area contributed by atoms with Gasteiger partial charge in [-0.1, -0.05) is 12.2 Å². The zero-order valence-corrected chi connectivity index (χ0v) is 11.9.